The summed E-state index contributed by atoms with van der Waals surface area (Å²) in [4.78, 5) is 31.7. The van der Waals surface area contributed by atoms with Gasteiger partial charge in [-0.1, -0.05) is 13.8 Å². The number of nitrogens with zero attached hydrogens (tertiary/aromatic N) is 5. The minimum atomic E-state index is -0.936. The Bertz CT molecular complexity index is 960. The van der Waals surface area contributed by atoms with Crippen LogP contribution in [-0.4, -0.2) is 51.3 Å². The van der Waals surface area contributed by atoms with E-state index < -0.39 is 6.09 Å². The lowest BCUT2D eigenvalue weighted by Gasteiger charge is -2.43. The number of amides is 1. The Morgan fingerprint density at radius 3 is 2.73 bits per heavy atom. The van der Waals surface area contributed by atoms with E-state index in [0.717, 1.165) is 0 Å². The van der Waals surface area contributed by atoms with Crippen LogP contribution in [0.5, 0.6) is 0 Å². The van der Waals surface area contributed by atoms with Gasteiger partial charge in [0.2, 0.25) is 0 Å². The van der Waals surface area contributed by atoms with E-state index in [4.69, 9.17) is 0 Å². The van der Waals surface area contributed by atoms with Gasteiger partial charge in [0.05, 0.1) is 11.2 Å². The van der Waals surface area contributed by atoms with Crippen molar-refractivity contribution in [3.05, 3.63) is 34.2 Å². The summed E-state index contributed by atoms with van der Waals surface area (Å²) in [6.07, 6.45) is -0.936. The van der Waals surface area contributed by atoms with Crippen molar-refractivity contribution in [1.29, 1.82) is 5.26 Å². The fourth-order valence-electron chi connectivity index (χ4n) is 3.45. The Balaban J connectivity index is 2.17. The van der Waals surface area contributed by atoms with Crippen LogP contribution in [0, 0.1) is 17.2 Å². The first kappa shape index (κ1) is 17.7. The number of anilines is 1. The maximum atomic E-state index is 12.4. The number of carboxylic acid groups (broad SMARTS) is 1. The summed E-state index contributed by atoms with van der Waals surface area (Å²) in [6.45, 7) is 5.24. The Hall–Kier alpha value is -3.08. The summed E-state index contributed by atoms with van der Waals surface area (Å²) < 4.78 is 1.50. The van der Waals surface area contributed by atoms with Crippen molar-refractivity contribution in [2.45, 2.75) is 19.9 Å². The van der Waals surface area contributed by atoms with Crippen LogP contribution >= 0.6 is 0 Å². The molecule has 3 rings (SSSR count). The zero-order chi connectivity index (χ0) is 19.0. The van der Waals surface area contributed by atoms with Crippen molar-refractivity contribution >= 4 is 22.8 Å². The van der Waals surface area contributed by atoms with Crippen LogP contribution in [0.2, 0.25) is 0 Å². The zero-order valence-corrected chi connectivity index (χ0v) is 15.0. The molecule has 2 aromatic heterocycles. The van der Waals surface area contributed by atoms with Gasteiger partial charge in [0.25, 0.3) is 5.56 Å². The summed E-state index contributed by atoms with van der Waals surface area (Å²) in [5.41, 5.74) is 2.00. The van der Waals surface area contributed by atoms with E-state index in [-0.39, 0.29) is 23.2 Å². The Labute approximate surface area is 150 Å². The highest BCUT2D eigenvalue weighted by atomic mass is 16.4. The number of hydrogen-bond acceptors (Lipinski definition) is 5. The van der Waals surface area contributed by atoms with Crippen molar-refractivity contribution < 1.29 is 9.90 Å². The zero-order valence-electron chi connectivity index (χ0n) is 15.0. The molecule has 0 saturated carbocycles. The van der Waals surface area contributed by atoms with Crippen LogP contribution in [0.25, 0.3) is 11.0 Å². The van der Waals surface area contributed by atoms with Crippen molar-refractivity contribution in [3.8, 4) is 6.07 Å². The second-order valence-corrected chi connectivity index (χ2v) is 6.84. The smallest absolute Gasteiger partial charge is 0.407 e. The molecule has 3 heterocycles. The molecule has 1 fully saturated rings. The number of aryl methyl sites for hydroxylation is 1. The van der Waals surface area contributed by atoms with E-state index in [0.29, 0.717) is 36.4 Å². The quantitative estimate of drug-likeness (QED) is 0.878. The molecule has 2 aromatic rings. The molecule has 0 bridgehead atoms. The fourth-order valence-corrected chi connectivity index (χ4v) is 3.45. The number of pyridine rings is 2. The van der Waals surface area contributed by atoms with Gasteiger partial charge < -0.3 is 19.5 Å². The van der Waals surface area contributed by atoms with Crippen molar-refractivity contribution in [3.63, 3.8) is 0 Å². The standard InChI is InChI=1S/C18H21N5O3/c1-11(2)15-10-22(18(25)26)6-7-23(15)14-8-16(24)21(3)13-5-4-12(9-19)20-17(13)14/h4-5,8,11,15H,6-7,10H2,1-3H3,(H,25,26). The molecule has 0 aliphatic carbocycles. The summed E-state index contributed by atoms with van der Waals surface area (Å²) in [6, 6.07) is 6.80. The van der Waals surface area contributed by atoms with Gasteiger partial charge in [-0.25, -0.2) is 9.78 Å². The van der Waals surface area contributed by atoms with Crippen molar-refractivity contribution in [2.24, 2.45) is 13.0 Å². The SMILES string of the molecule is CC(C)C1CN(C(=O)O)CCN1c1cc(=O)n(C)c2ccc(C#N)nc12. The highest BCUT2D eigenvalue weighted by molar-refractivity contribution is 5.89. The first-order valence-corrected chi connectivity index (χ1v) is 8.49. The van der Waals surface area contributed by atoms with Crippen LogP contribution < -0.4 is 10.5 Å². The van der Waals surface area contributed by atoms with Gasteiger partial charge in [0, 0.05) is 38.8 Å². The Morgan fingerprint density at radius 2 is 2.12 bits per heavy atom. The minimum Gasteiger partial charge on any atom is -0.465 e. The van der Waals surface area contributed by atoms with Crippen molar-refractivity contribution in [1.82, 2.24) is 14.5 Å². The lowest BCUT2D eigenvalue weighted by atomic mass is 9.98. The average Bonchev–Trinajstić information content (AvgIpc) is 2.63. The molecule has 1 N–H and O–H groups in total. The molecule has 1 aliphatic heterocycles. The van der Waals surface area contributed by atoms with Gasteiger partial charge in [-0.05, 0) is 18.1 Å². The molecule has 1 aliphatic rings. The number of nitriles is 1. The topological polar surface area (TPSA) is 102 Å². The maximum Gasteiger partial charge on any atom is 0.407 e. The van der Waals surface area contributed by atoms with Crippen LogP contribution in [0.1, 0.15) is 19.5 Å². The summed E-state index contributed by atoms with van der Waals surface area (Å²) in [7, 11) is 1.67. The fraction of sp³-hybridized carbons (Fsp3) is 0.444. The van der Waals surface area contributed by atoms with E-state index in [1.807, 2.05) is 19.9 Å². The second kappa shape index (κ2) is 6.67. The first-order valence-electron chi connectivity index (χ1n) is 8.49. The lowest BCUT2D eigenvalue weighted by Crippen LogP contribution is -2.56. The number of hydrogen-bond donors (Lipinski definition) is 1. The molecule has 136 valence electrons. The number of aromatic nitrogens is 2. The number of rotatable bonds is 2. The molecule has 8 heteroatoms. The van der Waals surface area contributed by atoms with Gasteiger partial charge in [0.15, 0.2) is 0 Å². The molecule has 1 atom stereocenters. The maximum absolute atomic E-state index is 12.4. The van der Waals surface area contributed by atoms with E-state index in [2.05, 4.69) is 9.88 Å². The molecular weight excluding hydrogens is 334 g/mol. The number of carbonyl (C=O) groups is 1. The van der Waals surface area contributed by atoms with Gasteiger partial charge in [0.1, 0.15) is 17.3 Å². The van der Waals surface area contributed by atoms with Crippen LogP contribution in [-0.2, 0) is 7.05 Å². The molecule has 0 spiro atoms. The predicted octanol–water partition coefficient (Wildman–Crippen LogP) is 1.63. The number of fused-ring (bicyclic) bond motifs is 1. The Kier molecular flexibility index (Phi) is 4.55. The van der Waals surface area contributed by atoms with E-state index in [9.17, 15) is 20.0 Å². The van der Waals surface area contributed by atoms with Crippen LogP contribution in [0.4, 0.5) is 10.5 Å². The van der Waals surface area contributed by atoms with Crippen LogP contribution in [0.15, 0.2) is 23.0 Å². The molecule has 8 nitrogen and oxygen atoms in total. The van der Waals surface area contributed by atoms with E-state index >= 15 is 0 Å². The third-order valence-electron chi connectivity index (χ3n) is 4.95. The molecule has 0 aromatic carbocycles. The molecule has 1 amide bonds. The molecule has 1 unspecified atom stereocenters. The van der Waals surface area contributed by atoms with Crippen LogP contribution in [0.3, 0.4) is 0 Å². The average molecular weight is 355 g/mol. The molecular formula is C18H21N5O3. The minimum absolute atomic E-state index is 0.0808. The van der Waals surface area contributed by atoms with Crippen molar-refractivity contribution in [2.75, 3.05) is 24.5 Å². The second-order valence-electron chi connectivity index (χ2n) is 6.84. The van der Waals surface area contributed by atoms with Gasteiger partial charge in [-0.3, -0.25) is 4.79 Å². The number of piperazine rings is 1. The van der Waals surface area contributed by atoms with E-state index in [1.54, 1.807) is 19.2 Å². The molecule has 0 radical (unpaired) electrons. The van der Waals surface area contributed by atoms with Gasteiger partial charge in [-0.15, -0.1) is 0 Å². The lowest BCUT2D eigenvalue weighted by molar-refractivity contribution is 0.130. The van der Waals surface area contributed by atoms with Gasteiger partial charge in [-0.2, -0.15) is 5.26 Å². The summed E-state index contributed by atoms with van der Waals surface area (Å²) in [5, 5.41) is 18.5. The first-order chi connectivity index (χ1) is 12.3. The normalized spacial score (nSPS) is 17.6. The summed E-state index contributed by atoms with van der Waals surface area (Å²) >= 11 is 0. The van der Waals surface area contributed by atoms with E-state index in [1.165, 1.54) is 15.5 Å². The largest absolute Gasteiger partial charge is 0.465 e. The van der Waals surface area contributed by atoms with Gasteiger partial charge >= 0.3 is 6.09 Å². The third kappa shape index (κ3) is 2.96. The molecule has 26 heavy (non-hydrogen) atoms. The molecule has 1 saturated heterocycles. The summed E-state index contributed by atoms with van der Waals surface area (Å²) in [5.74, 6) is 0.176. The highest BCUT2D eigenvalue weighted by Crippen LogP contribution is 2.29. The highest BCUT2D eigenvalue weighted by Gasteiger charge is 2.33. The third-order valence-corrected chi connectivity index (χ3v) is 4.95. The Morgan fingerprint density at radius 1 is 1.38 bits per heavy atom. The monoisotopic (exact) mass is 355 g/mol. The predicted molar refractivity (Wildman–Crippen MR) is 97.3 cm³/mol.